The van der Waals surface area contributed by atoms with E-state index in [1.165, 1.54) is 0 Å². The molecule has 2 N–H and O–H groups in total. The number of carbonyl (C=O) groups is 2. The molecular formula is C15H19ClN2O4. The minimum absolute atomic E-state index is 0.109. The Labute approximate surface area is 134 Å². The Morgan fingerprint density at radius 3 is 2.77 bits per heavy atom. The number of carboxylic acids is 1. The predicted octanol–water partition coefficient (Wildman–Crippen LogP) is 1.38. The van der Waals surface area contributed by atoms with Crippen LogP contribution in [-0.4, -0.2) is 54.2 Å². The van der Waals surface area contributed by atoms with Gasteiger partial charge in [-0.05, 0) is 43.7 Å². The van der Waals surface area contributed by atoms with Crippen LogP contribution in [0.1, 0.15) is 12.8 Å². The van der Waals surface area contributed by atoms with Crippen molar-refractivity contribution < 1.29 is 19.4 Å². The molecule has 1 aromatic carbocycles. The third-order valence-electron chi connectivity index (χ3n) is 3.50. The first-order valence-corrected chi connectivity index (χ1v) is 7.56. The number of ether oxygens (including phenoxy) is 1. The van der Waals surface area contributed by atoms with Crippen molar-refractivity contribution in [3.05, 3.63) is 29.3 Å². The van der Waals surface area contributed by atoms with E-state index in [9.17, 15) is 9.59 Å². The van der Waals surface area contributed by atoms with Crippen molar-refractivity contribution in [3.63, 3.8) is 0 Å². The second-order valence-electron chi connectivity index (χ2n) is 5.12. The van der Waals surface area contributed by atoms with Gasteiger partial charge in [-0.15, -0.1) is 0 Å². The van der Waals surface area contributed by atoms with Gasteiger partial charge >= 0.3 is 5.97 Å². The summed E-state index contributed by atoms with van der Waals surface area (Å²) in [5.41, 5.74) is 0. The van der Waals surface area contributed by atoms with E-state index in [1.807, 2.05) is 0 Å². The lowest BCUT2D eigenvalue weighted by Gasteiger charge is -2.20. The molecule has 6 nitrogen and oxygen atoms in total. The zero-order chi connectivity index (χ0) is 15.9. The summed E-state index contributed by atoms with van der Waals surface area (Å²) in [4.78, 5) is 24.5. The standard InChI is InChI=1S/C15H19ClN2O4/c16-11-3-5-12(6-4-11)22-9-7-17-14(19)10-18-8-1-2-13(18)15(20)21/h3-6,13H,1-2,7-10H2,(H,17,19)(H,20,21)/t13-/m0/s1. The quantitative estimate of drug-likeness (QED) is 0.740. The van der Waals surface area contributed by atoms with Gasteiger partial charge in [-0.2, -0.15) is 0 Å². The van der Waals surface area contributed by atoms with E-state index in [0.717, 1.165) is 6.42 Å². The summed E-state index contributed by atoms with van der Waals surface area (Å²) in [6.07, 6.45) is 1.41. The minimum atomic E-state index is -0.864. The van der Waals surface area contributed by atoms with Gasteiger partial charge in [-0.1, -0.05) is 11.6 Å². The van der Waals surface area contributed by atoms with Crippen LogP contribution in [0.2, 0.25) is 5.02 Å². The SMILES string of the molecule is O=C(CN1CCC[C@H]1C(=O)O)NCCOc1ccc(Cl)cc1. The van der Waals surface area contributed by atoms with Crippen LogP contribution in [0.15, 0.2) is 24.3 Å². The van der Waals surface area contributed by atoms with Gasteiger partial charge in [0.25, 0.3) is 0 Å². The van der Waals surface area contributed by atoms with Gasteiger partial charge in [0.1, 0.15) is 18.4 Å². The Hall–Kier alpha value is -1.79. The fourth-order valence-electron chi connectivity index (χ4n) is 2.43. The van der Waals surface area contributed by atoms with E-state index in [0.29, 0.717) is 36.9 Å². The molecule has 1 amide bonds. The Kier molecular flexibility index (Phi) is 6.03. The van der Waals surface area contributed by atoms with E-state index >= 15 is 0 Å². The molecule has 1 aliphatic heterocycles. The average Bonchev–Trinajstić information content (AvgIpc) is 2.94. The topological polar surface area (TPSA) is 78.9 Å². The first-order valence-electron chi connectivity index (χ1n) is 7.18. The van der Waals surface area contributed by atoms with Crippen LogP contribution in [0.25, 0.3) is 0 Å². The van der Waals surface area contributed by atoms with Crippen LogP contribution in [-0.2, 0) is 9.59 Å². The van der Waals surface area contributed by atoms with Crippen LogP contribution in [0.3, 0.4) is 0 Å². The number of nitrogens with zero attached hydrogens (tertiary/aromatic N) is 1. The zero-order valence-corrected chi connectivity index (χ0v) is 12.9. The van der Waals surface area contributed by atoms with Crippen LogP contribution < -0.4 is 10.1 Å². The molecule has 0 unspecified atom stereocenters. The van der Waals surface area contributed by atoms with Crippen molar-refractivity contribution in [1.29, 1.82) is 0 Å². The number of hydrogen-bond donors (Lipinski definition) is 2. The Balaban J connectivity index is 1.65. The number of aliphatic carboxylic acids is 1. The molecule has 1 aromatic rings. The van der Waals surface area contributed by atoms with E-state index in [-0.39, 0.29) is 12.5 Å². The Bertz CT molecular complexity index is 521. The summed E-state index contributed by atoms with van der Waals surface area (Å²) in [5, 5.41) is 12.4. The van der Waals surface area contributed by atoms with Gasteiger partial charge in [-0.3, -0.25) is 14.5 Å². The van der Waals surface area contributed by atoms with Crippen LogP contribution in [0, 0.1) is 0 Å². The maximum Gasteiger partial charge on any atom is 0.320 e. The molecule has 120 valence electrons. The lowest BCUT2D eigenvalue weighted by Crippen LogP contribution is -2.43. The molecule has 0 saturated carbocycles. The Morgan fingerprint density at radius 1 is 1.36 bits per heavy atom. The van der Waals surface area contributed by atoms with Gasteiger partial charge in [0.15, 0.2) is 0 Å². The first kappa shape index (κ1) is 16.6. The number of amides is 1. The summed E-state index contributed by atoms with van der Waals surface area (Å²) < 4.78 is 5.46. The number of nitrogens with one attached hydrogen (secondary N) is 1. The molecule has 1 heterocycles. The van der Waals surface area contributed by atoms with E-state index in [2.05, 4.69) is 5.32 Å². The minimum Gasteiger partial charge on any atom is -0.492 e. The van der Waals surface area contributed by atoms with Crippen molar-refractivity contribution in [2.24, 2.45) is 0 Å². The normalized spacial score (nSPS) is 18.1. The van der Waals surface area contributed by atoms with Crippen LogP contribution >= 0.6 is 11.6 Å². The molecule has 1 aliphatic rings. The van der Waals surface area contributed by atoms with Gasteiger partial charge in [0.2, 0.25) is 5.91 Å². The fraction of sp³-hybridized carbons (Fsp3) is 0.467. The second kappa shape index (κ2) is 8.00. The zero-order valence-electron chi connectivity index (χ0n) is 12.1. The van der Waals surface area contributed by atoms with Gasteiger partial charge < -0.3 is 15.2 Å². The maximum atomic E-state index is 11.8. The number of carbonyl (C=O) groups excluding carboxylic acids is 1. The molecule has 0 radical (unpaired) electrons. The number of hydrogen-bond acceptors (Lipinski definition) is 4. The molecule has 22 heavy (non-hydrogen) atoms. The summed E-state index contributed by atoms with van der Waals surface area (Å²) in [6, 6.07) is 6.43. The van der Waals surface area contributed by atoms with Crippen molar-refractivity contribution in [2.75, 3.05) is 26.2 Å². The van der Waals surface area contributed by atoms with Crippen LogP contribution in [0.4, 0.5) is 0 Å². The lowest BCUT2D eigenvalue weighted by atomic mass is 10.2. The average molecular weight is 327 g/mol. The highest BCUT2D eigenvalue weighted by molar-refractivity contribution is 6.30. The molecule has 2 rings (SSSR count). The van der Waals surface area contributed by atoms with Crippen LogP contribution in [0.5, 0.6) is 5.75 Å². The number of halogens is 1. The first-order chi connectivity index (χ1) is 10.6. The molecule has 0 aliphatic carbocycles. The molecule has 0 spiro atoms. The molecule has 7 heteroatoms. The van der Waals surface area contributed by atoms with Crippen molar-refractivity contribution in [2.45, 2.75) is 18.9 Å². The second-order valence-corrected chi connectivity index (χ2v) is 5.56. The summed E-state index contributed by atoms with van der Waals surface area (Å²) in [6.45, 7) is 1.46. The molecule has 1 saturated heterocycles. The smallest absolute Gasteiger partial charge is 0.320 e. The number of likely N-dealkylation sites (tertiary alicyclic amines) is 1. The highest BCUT2D eigenvalue weighted by Gasteiger charge is 2.31. The number of benzene rings is 1. The molecule has 0 aromatic heterocycles. The third kappa shape index (κ3) is 4.89. The van der Waals surface area contributed by atoms with E-state index in [4.69, 9.17) is 21.4 Å². The predicted molar refractivity (Wildman–Crippen MR) is 82.2 cm³/mol. The third-order valence-corrected chi connectivity index (χ3v) is 3.75. The largest absolute Gasteiger partial charge is 0.492 e. The highest BCUT2D eigenvalue weighted by Crippen LogP contribution is 2.17. The summed E-state index contributed by atoms with van der Waals surface area (Å²) >= 11 is 5.77. The molecule has 1 fully saturated rings. The van der Waals surface area contributed by atoms with Crippen molar-refractivity contribution >= 4 is 23.5 Å². The van der Waals surface area contributed by atoms with E-state index in [1.54, 1.807) is 29.2 Å². The maximum absolute atomic E-state index is 11.8. The van der Waals surface area contributed by atoms with Crippen molar-refractivity contribution in [1.82, 2.24) is 10.2 Å². The molecule has 0 bridgehead atoms. The summed E-state index contributed by atoms with van der Waals surface area (Å²) in [5.74, 6) is -0.367. The molecular weight excluding hydrogens is 308 g/mol. The molecule has 1 atom stereocenters. The Morgan fingerprint density at radius 2 is 2.09 bits per heavy atom. The lowest BCUT2D eigenvalue weighted by molar-refractivity contribution is -0.142. The fourth-order valence-corrected chi connectivity index (χ4v) is 2.55. The highest BCUT2D eigenvalue weighted by atomic mass is 35.5. The van der Waals surface area contributed by atoms with Gasteiger partial charge in [0.05, 0.1) is 13.1 Å². The monoisotopic (exact) mass is 326 g/mol. The van der Waals surface area contributed by atoms with Crippen molar-refractivity contribution in [3.8, 4) is 5.75 Å². The van der Waals surface area contributed by atoms with Gasteiger partial charge in [0, 0.05) is 5.02 Å². The number of rotatable bonds is 7. The number of carboxylic acid groups (broad SMARTS) is 1. The summed E-state index contributed by atoms with van der Waals surface area (Å²) in [7, 11) is 0. The van der Waals surface area contributed by atoms with Gasteiger partial charge in [-0.25, -0.2) is 0 Å². The van der Waals surface area contributed by atoms with E-state index < -0.39 is 12.0 Å².